The van der Waals surface area contributed by atoms with Crippen LogP contribution in [-0.2, 0) is 6.42 Å². The standard InChI is InChI=1S/C10H13NO2/c1-7(12)9-5-4-8-3-2-6-13-10(8)11-9/h4-5,7,12H,2-3,6H2,1H3. The van der Waals surface area contributed by atoms with E-state index in [4.69, 9.17) is 4.74 Å². The molecule has 1 aromatic rings. The Hall–Kier alpha value is -1.09. The summed E-state index contributed by atoms with van der Waals surface area (Å²) in [4.78, 5) is 4.24. The highest BCUT2D eigenvalue weighted by Gasteiger charge is 2.13. The van der Waals surface area contributed by atoms with E-state index in [1.54, 1.807) is 6.92 Å². The van der Waals surface area contributed by atoms with Crippen molar-refractivity contribution in [3.8, 4) is 5.88 Å². The molecule has 2 rings (SSSR count). The minimum Gasteiger partial charge on any atom is -0.477 e. The second-order valence-electron chi connectivity index (χ2n) is 3.33. The third-order valence-electron chi connectivity index (χ3n) is 2.22. The number of aliphatic hydroxyl groups excluding tert-OH is 1. The first-order valence-electron chi connectivity index (χ1n) is 4.58. The van der Waals surface area contributed by atoms with E-state index >= 15 is 0 Å². The molecule has 1 N–H and O–H groups in total. The first-order valence-corrected chi connectivity index (χ1v) is 4.58. The van der Waals surface area contributed by atoms with Gasteiger partial charge in [-0.2, -0.15) is 0 Å². The molecule has 0 saturated heterocycles. The first kappa shape index (κ1) is 8.51. The third-order valence-corrected chi connectivity index (χ3v) is 2.22. The van der Waals surface area contributed by atoms with Crippen LogP contribution < -0.4 is 4.74 Å². The summed E-state index contributed by atoms with van der Waals surface area (Å²) in [5, 5.41) is 9.31. The smallest absolute Gasteiger partial charge is 0.216 e. The average Bonchev–Trinajstić information content (AvgIpc) is 2.17. The number of aryl methyl sites for hydroxylation is 1. The van der Waals surface area contributed by atoms with Crippen LogP contribution in [0.5, 0.6) is 5.88 Å². The van der Waals surface area contributed by atoms with Gasteiger partial charge in [0, 0.05) is 5.56 Å². The van der Waals surface area contributed by atoms with Crippen molar-refractivity contribution in [3.63, 3.8) is 0 Å². The van der Waals surface area contributed by atoms with Gasteiger partial charge in [-0.1, -0.05) is 6.07 Å². The quantitative estimate of drug-likeness (QED) is 0.709. The summed E-state index contributed by atoms with van der Waals surface area (Å²) in [6.45, 7) is 2.45. The highest BCUT2D eigenvalue weighted by molar-refractivity contribution is 5.30. The molecule has 0 saturated carbocycles. The van der Waals surface area contributed by atoms with Crippen molar-refractivity contribution in [2.45, 2.75) is 25.9 Å². The molecule has 1 unspecified atom stereocenters. The number of hydrogen-bond donors (Lipinski definition) is 1. The third kappa shape index (κ3) is 1.65. The molecule has 0 bridgehead atoms. The molecule has 0 fully saturated rings. The van der Waals surface area contributed by atoms with E-state index in [1.165, 1.54) is 0 Å². The molecule has 1 aliphatic heterocycles. The summed E-state index contributed by atoms with van der Waals surface area (Å²) in [6.07, 6.45) is 1.57. The molecule has 0 aliphatic carbocycles. The van der Waals surface area contributed by atoms with Gasteiger partial charge in [0.05, 0.1) is 18.4 Å². The van der Waals surface area contributed by atoms with Gasteiger partial charge in [-0.05, 0) is 25.8 Å². The fourth-order valence-corrected chi connectivity index (χ4v) is 1.46. The average molecular weight is 179 g/mol. The maximum absolute atomic E-state index is 9.31. The number of pyridine rings is 1. The van der Waals surface area contributed by atoms with E-state index in [-0.39, 0.29) is 0 Å². The Morgan fingerprint density at radius 2 is 2.38 bits per heavy atom. The lowest BCUT2D eigenvalue weighted by atomic mass is 10.1. The van der Waals surface area contributed by atoms with Crippen molar-refractivity contribution in [2.75, 3.05) is 6.61 Å². The van der Waals surface area contributed by atoms with Crippen molar-refractivity contribution >= 4 is 0 Å². The highest BCUT2D eigenvalue weighted by Crippen LogP contribution is 2.24. The summed E-state index contributed by atoms with van der Waals surface area (Å²) >= 11 is 0. The molecule has 0 amide bonds. The predicted molar refractivity (Wildman–Crippen MR) is 48.7 cm³/mol. The Morgan fingerprint density at radius 1 is 1.54 bits per heavy atom. The fourth-order valence-electron chi connectivity index (χ4n) is 1.46. The zero-order chi connectivity index (χ0) is 9.26. The lowest BCUT2D eigenvalue weighted by Gasteiger charge is -2.17. The maximum Gasteiger partial charge on any atom is 0.216 e. The molecular formula is C10H13NO2. The molecule has 0 spiro atoms. The number of ether oxygens (including phenoxy) is 1. The molecule has 1 aliphatic rings. The lowest BCUT2D eigenvalue weighted by Crippen LogP contribution is -2.11. The largest absolute Gasteiger partial charge is 0.477 e. The maximum atomic E-state index is 9.31. The molecule has 1 aromatic heterocycles. The van der Waals surface area contributed by atoms with Crippen LogP contribution in [0.15, 0.2) is 12.1 Å². The Bertz CT molecular complexity index is 310. The van der Waals surface area contributed by atoms with Gasteiger partial charge in [-0.25, -0.2) is 4.98 Å². The van der Waals surface area contributed by atoms with Crippen molar-refractivity contribution in [1.82, 2.24) is 4.98 Å². The second kappa shape index (κ2) is 3.34. The molecule has 2 heterocycles. The number of nitrogens with zero attached hydrogens (tertiary/aromatic N) is 1. The van der Waals surface area contributed by atoms with Gasteiger partial charge in [0.25, 0.3) is 0 Å². The van der Waals surface area contributed by atoms with Crippen molar-refractivity contribution < 1.29 is 9.84 Å². The van der Waals surface area contributed by atoms with Crippen LogP contribution >= 0.6 is 0 Å². The predicted octanol–water partition coefficient (Wildman–Crippen LogP) is 1.46. The van der Waals surface area contributed by atoms with Gasteiger partial charge in [-0.3, -0.25) is 0 Å². The zero-order valence-corrected chi connectivity index (χ0v) is 7.66. The number of rotatable bonds is 1. The van der Waals surface area contributed by atoms with E-state index in [0.29, 0.717) is 11.6 Å². The van der Waals surface area contributed by atoms with Crippen LogP contribution in [0.3, 0.4) is 0 Å². The number of fused-ring (bicyclic) bond motifs is 1. The summed E-state index contributed by atoms with van der Waals surface area (Å²) < 4.78 is 5.39. The van der Waals surface area contributed by atoms with Crippen LogP contribution in [0.25, 0.3) is 0 Å². The number of aromatic nitrogens is 1. The van der Waals surface area contributed by atoms with Crippen molar-refractivity contribution in [3.05, 3.63) is 23.4 Å². The molecular weight excluding hydrogens is 166 g/mol. The van der Waals surface area contributed by atoms with Gasteiger partial charge in [0.1, 0.15) is 0 Å². The molecule has 1 atom stereocenters. The Morgan fingerprint density at radius 3 is 3.15 bits per heavy atom. The second-order valence-corrected chi connectivity index (χ2v) is 3.33. The van der Waals surface area contributed by atoms with E-state index in [9.17, 15) is 5.11 Å². The summed E-state index contributed by atoms with van der Waals surface area (Å²) in [6, 6.07) is 3.85. The normalized spacial score (nSPS) is 17.4. The zero-order valence-electron chi connectivity index (χ0n) is 7.66. The minimum absolute atomic E-state index is 0.518. The van der Waals surface area contributed by atoms with Crippen LogP contribution in [0, 0.1) is 0 Å². The first-order chi connectivity index (χ1) is 6.27. The molecule has 0 radical (unpaired) electrons. The van der Waals surface area contributed by atoms with Crippen LogP contribution in [-0.4, -0.2) is 16.7 Å². The molecule has 0 aromatic carbocycles. The van der Waals surface area contributed by atoms with E-state index < -0.39 is 6.10 Å². The fraction of sp³-hybridized carbons (Fsp3) is 0.500. The van der Waals surface area contributed by atoms with Gasteiger partial charge in [0.15, 0.2) is 0 Å². The minimum atomic E-state index is -0.518. The SMILES string of the molecule is CC(O)c1ccc2c(n1)OCCC2. The van der Waals surface area contributed by atoms with E-state index in [1.807, 2.05) is 12.1 Å². The van der Waals surface area contributed by atoms with Gasteiger partial charge < -0.3 is 9.84 Å². The van der Waals surface area contributed by atoms with Gasteiger partial charge in [0.2, 0.25) is 5.88 Å². The lowest BCUT2D eigenvalue weighted by molar-refractivity contribution is 0.191. The van der Waals surface area contributed by atoms with E-state index in [2.05, 4.69) is 4.98 Å². The van der Waals surface area contributed by atoms with E-state index in [0.717, 1.165) is 25.0 Å². The summed E-state index contributed by atoms with van der Waals surface area (Å²) in [5.74, 6) is 0.699. The van der Waals surface area contributed by atoms with Crippen molar-refractivity contribution in [1.29, 1.82) is 0 Å². The Labute approximate surface area is 77.4 Å². The monoisotopic (exact) mass is 179 g/mol. The van der Waals surface area contributed by atoms with Crippen LogP contribution in [0.4, 0.5) is 0 Å². The van der Waals surface area contributed by atoms with Crippen molar-refractivity contribution in [2.24, 2.45) is 0 Å². The molecule has 3 nitrogen and oxygen atoms in total. The number of aliphatic hydroxyl groups is 1. The van der Waals surface area contributed by atoms with Gasteiger partial charge >= 0.3 is 0 Å². The molecule has 70 valence electrons. The molecule has 13 heavy (non-hydrogen) atoms. The number of hydrogen-bond acceptors (Lipinski definition) is 3. The Kier molecular flexibility index (Phi) is 2.19. The van der Waals surface area contributed by atoms with Gasteiger partial charge in [-0.15, -0.1) is 0 Å². The van der Waals surface area contributed by atoms with Crippen LogP contribution in [0.1, 0.15) is 30.7 Å². The highest BCUT2D eigenvalue weighted by atomic mass is 16.5. The summed E-state index contributed by atoms with van der Waals surface area (Å²) in [5.41, 5.74) is 1.83. The Balaban J connectivity index is 2.35. The molecule has 3 heteroatoms. The van der Waals surface area contributed by atoms with Crippen LogP contribution in [0.2, 0.25) is 0 Å². The topological polar surface area (TPSA) is 42.4 Å². The summed E-state index contributed by atoms with van der Waals surface area (Å²) in [7, 11) is 0.